The second-order valence-corrected chi connectivity index (χ2v) is 6.03. The number of rotatable bonds is 6. The van der Waals surface area contributed by atoms with E-state index < -0.39 is 11.8 Å². The van der Waals surface area contributed by atoms with Crippen LogP contribution in [0.4, 0.5) is 0 Å². The third-order valence-corrected chi connectivity index (χ3v) is 3.88. The summed E-state index contributed by atoms with van der Waals surface area (Å²) in [6, 6.07) is 16.5. The molecular weight excluding hydrogens is 368 g/mol. The van der Waals surface area contributed by atoms with Gasteiger partial charge in [-0.25, -0.2) is 0 Å². The van der Waals surface area contributed by atoms with E-state index >= 15 is 0 Å². The zero-order chi connectivity index (χ0) is 20.5. The lowest BCUT2D eigenvalue weighted by atomic mass is 10.1. The summed E-state index contributed by atoms with van der Waals surface area (Å²) in [7, 11) is 0. The fraction of sp³-hybridized carbons (Fsp3) is 0.0952. The minimum absolute atomic E-state index is 0.408. The number of hydrogen-bond acceptors (Lipinski definition) is 5. The summed E-state index contributed by atoms with van der Waals surface area (Å²) in [5.74, 6) is -0.269. The zero-order valence-electron chi connectivity index (χ0n) is 15.8. The topological polar surface area (TPSA) is 102 Å². The molecule has 1 heterocycles. The van der Waals surface area contributed by atoms with Crippen molar-refractivity contribution in [3.63, 3.8) is 0 Å². The van der Waals surface area contributed by atoms with Gasteiger partial charge in [0.15, 0.2) is 0 Å². The van der Waals surface area contributed by atoms with Crippen LogP contribution in [0.25, 0.3) is 11.4 Å². The maximum atomic E-state index is 12.1. The van der Waals surface area contributed by atoms with E-state index in [4.69, 9.17) is 0 Å². The van der Waals surface area contributed by atoms with Crippen molar-refractivity contribution in [3.05, 3.63) is 90.0 Å². The summed E-state index contributed by atoms with van der Waals surface area (Å²) in [5.41, 5.74) is 6.91. The van der Waals surface area contributed by atoms with Crippen molar-refractivity contribution in [3.8, 4) is 11.4 Å². The number of hydrogen-bond donors (Lipinski definition) is 2. The second-order valence-electron chi connectivity index (χ2n) is 6.03. The van der Waals surface area contributed by atoms with Gasteiger partial charge in [-0.15, -0.1) is 10.2 Å². The van der Waals surface area contributed by atoms with Gasteiger partial charge in [-0.2, -0.15) is 4.80 Å². The molecule has 8 nitrogen and oxygen atoms in total. The maximum Gasteiger partial charge on any atom is 0.269 e. The van der Waals surface area contributed by atoms with E-state index in [-0.39, 0.29) is 0 Å². The van der Waals surface area contributed by atoms with E-state index in [1.165, 1.54) is 10.9 Å². The van der Waals surface area contributed by atoms with E-state index in [0.717, 1.165) is 11.1 Å². The molecule has 3 rings (SSSR count). The molecule has 0 unspecified atom stereocenters. The monoisotopic (exact) mass is 388 g/mol. The number of amides is 2. The normalized spacial score (nSPS) is 11.1. The molecule has 0 saturated carbocycles. The lowest BCUT2D eigenvalue weighted by molar-refractivity contribution is -0.117. The fourth-order valence-corrected chi connectivity index (χ4v) is 2.42. The number of carbonyl (C=O) groups excluding carboxylic acids is 2. The van der Waals surface area contributed by atoms with Gasteiger partial charge < -0.3 is 0 Å². The molecule has 8 heteroatoms. The Balaban J connectivity index is 1.55. The lowest BCUT2D eigenvalue weighted by Gasteiger charge is -2.06. The van der Waals surface area contributed by atoms with Gasteiger partial charge in [-0.1, -0.05) is 60.7 Å². The molecule has 0 bridgehead atoms. The smallest absolute Gasteiger partial charge is 0.268 e. The van der Waals surface area contributed by atoms with Gasteiger partial charge in [0, 0.05) is 17.2 Å². The standard InChI is InChI=1S/C21H20N6O2/c1-2-3-5-10-19(28)22-24-21(29)18-13-11-16(12-14-18)15-27-25-20(23-26-27)17-8-6-4-7-9-17/h2-14H,15H2,1H3,(H,22,28)(H,24,29). The molecule has 0 aliphatic carbocycles. The third-order valence-electron chi connectivity index (χ3n) is 3.88. The number of benzene rings is 2. The average Bonchev–Trinajstić information content (AvgIpc) is 3.22. The van der Waals surface area contributed by atoms with Crippen molar-refractivity contribution in [2.24, 2.45) is 0 Å². The van der Waals surface area contributed by atoms with Crippen molar-refractivity contribution in [1.82, 2.24) is 31.1 Å². The molecule has 2 aromatic carbocycles. The molecular formula is C21H20N6O2. The number of nitrogens with zero attached hydrogens (tertiary/aromatic N) is 4. The van der Waals surface area contributed by atoms with Crippen molar-refractivity contribution in [2.75, 3.05) is 0 Å². The van der Waals surface area contributed by atoms with Gasteiger partial charge in [-0.3, -0.25) is 20.4 Å². The Morgan fingerprint density at radius 3 is 2.48 bits per heavy atom. The Hall–Kier alpha value is -4.07. The molecule has 0 atom stereocenters. The first kappa shape index (κ1) is 19.7. The molecule has 2 N–H and O–H groups in total. The van der Waals surface area contributed by atoms with Crippen LogP contribution in [0.3, 0.4) is 0 Å². The molecule has 0 aliphatic heterocycles. The summed E-state index contributed by atoms with van der Waals surface area (Å²) < 4.78 is 0. The first-order valence-electron chi connectivity index (χ1n) is 8.97. The highest BCUT2D eigenvalue weighted by atomic mass is 16.2. The summed E-state index contributed by atoms with van der Waals surface area (Å²) >= 11 is 0. The van der Waals surface area contributed by atoms with Crippen molar-refractivity contribution < 1.29 is 9.59 Å². The first-order chi connectivity index (χ1) is 14.2. The van der Waals surface area contributed by atoms with Crippen LogP contribution >= 0.6 is 0 Å². The zero-order valence-corrected chi connectivity index (χ0v) is 15.8. The average molecular weight is 388 g/mol. The first-order valence-corrected chi connectivity index (χ1v) is 8.97. The molecule has 1 aromatic heterocycles. The van der Waals surface area contributed by atoms with Crippen molar-refractivity contribution in [2.45, 2.75) is 13.5 Å². The van der Waals surface area contributed by atoms with Gasteiger partial charge in [-0.05, 0) is 29.8 Å². The van der Waals surface area contributed by atoms with Crippen LogP contribution < -0.4 is 10.9 Å². The summed E-state index contributed by atoms with van der Waals surface area (Å²) in [4.78, 5) is 25.1. The Morgan fingerprint density at radius 1 is 1.00 bits per heavy atom. The van der Waals surface area contributed by atoms with Gasteiger partial charge >= 0.3 is 0 Å². The summed E-state index contributed by atoms with van der Waals surface area (Å²) in [6.45, 7) is 2.27. The van der Waals surface area contributed by atoms with Crippen molar-refractivity contribution in [1.29, 1.82) is 0 Å². The predicted octanol–water partition coefficient (Wildman–Crippen LogP) is 2.28. The number of tetrazole rings is 1. The number of allylic oxidation sites excluding steroid dienone is 3. The molecule has 0 fully saturated rings. The predicted molar refractivity (Wildman–Crippen MR) is 108 cm³/mol. The van der Waals surface area contributed by atoms with Gasteiger partial charge in [0.1, 0.15) is 0 Å². The number of carbonyl (C=O) groups is 2. The highest BCUT2D eigenvalue weighted by Gasteiger charge is 2.08. The number of nitrogens with one attached hydrogen (secondary N) is 2. The Morgan fingerprint density at radius 2 is 1.76 bits per heavy atom. The van der Waals surface area contributed by atoms with Crippen LogP contribution in [-0.2, 0) is 11.3 Å². The minimum Gasteiger partial charge on any atom is -0.268 e. The largest absolute Gasteiger partial charge is 0.269 e. The summed E-state index contributed by atoms with van der Waals surface area (Å²) in [5, 5.41) is 12.5. The highest BCUT2D eigenvalue weighted by molar-refractivity contribution is 5.96. The van der Waals surface area contributed by atoms with Crippen molar-refractivity contribution >= 4 is 11.8 Å². The van der Waals surface area contributed by atoms with Crippen LogP contribution in [0.15, 0.2) is 78.9 Å². The third kappa shape index (κ3) is 5.70. The minimum atomic E-state index is -0.417. The number of aromatic nitrogens is 4. The van der Waals surface area contributed by atoms with E-state index in [2.05, 4.69) is 26.3 Å². The molecule has 0 saturated heterocycles. The fourth-order valence-electron chi connectivity index (χ4n) is 2.42. The Bertz CT molecular complexity index is 1020. The van der Waals surface area contributed by atoms with Crippen LogP contribution in [0.5, 0.6) is 0 Å². The van der Waals surface area contributed by atoms with Gasteiger partial charge in [0.2, 0.25) is 5.82 Å². The van der Waals surface area contributed by atoms with Crippen LogP contribution in [-0.4, -0.2) is 32.0 Å². The summed E-state index contributed by atoms with van der Waals surface area (Å²) in [6.07, 6.45) is 6.41. The SMILES string of the molecule is CC=CC=CC(=O)NNC(=O)c1ccc(Cn2nnc(-c3ccccc3)n2)cc1. The molecule has 0 aliphatic rings. The van der Waals surface area contributed by atoms with E-state index in [9.17, 15) is 9.59 Å². The molecule has 0 radical (unpaired) electrons. The highest BCUT2D eigenvalue weighted by Crippen LogP contribution is 2.12. The quantitative estimate of drug-likeness (QED) is 0.383. The van der Waals surface area contributed by atoms with Crippen LogP contribution in [0, 0.1) is 0 Å². The number of hydrazine groups is 1. The van der Waals surface area contributed by atoms with E-state index in [1.54, 1.807) is 42.5 Å². The molecule has 3 aromatic rings. The van der Waals surface area contributed by atoms with E-state index in [1.807, 2.05) is 37.3 Å². The molecule has 29 heavy (non-hydrogen) atoms. The molecule has 146 valence electrons. The Kier molecular flexibility index (Phi) is 6.62. The van der Waals surface area contributed by atoms with Gasteiger partial charge in [0.25, 0.3) is 11.8 Å². The van der Waals surface area contributed by atoms with Gasteiger partial charge in [0.05, 0.1) is 6.54 Å². The van der Waals surface area contributed by atoms with Crippen LogP contribution in [0.2, 0.25) is 0 Å². The van der Waals surface area contributed by atoms with E-state index in [0.29, 0.717) is 17.9 Å². The lowest BCUT2D eigenvalue weighted by Crippen LogP contribution is -2.40. The van der Waals surface area contributed by atoms with Crippen LogP contribution in [0.1, 0.15) is 22.8 Å². The molecule has 0 spiro atoms. The second kappa shape index (κ2) is 9.75. The molecule has 2 amide bonds. The Labute approximate surface area is 167 Å². The maximum absolute atomic E-state index is 12.1.